The van der Waals surface area contributed by atoms with Crippen LogP contribution < -0.4 is 10.6 Å². The molecular formula is C18H21N5O. The molecule has 0 aliphatic heterocycles. The Hall–Kier alpha value is -2.94. The van der Waals surface area contributed by atoms with Crippen molar-refractivity contribution in [2.75, 3.05) is 11.9 Å². The molecule has 0 saturated carbocycles. The number of nitrogens with zero attached hydrogens (tertiary/aromatic N) is 3. The summed E-state index contributed by atoms with van der Waals surface area (Å²) in [6.45, 7) is 6.55. The van der Waals surface area contributed by atoms with Crippen molar-refractivity contribution in [2.45, 2.75) is 27.2 Å². The number of para-hydroxylation sites is 1. The maximum atomic E-state index is 12.2. The van der Waals surface area contributed by atoms with E-state index < -0.39 is 0 Å². The predicted octanol–water partition coefficient (Wildman–Crippen LogP) is 3.18. The van der Waals surface area contributed by atoms with E-state index >= 15 is 0 Å². The lowest BCUT2D eigenvalue weighted by atomic mass is 10.1. The lowest BCUT2D eigenvalue weighted by Crippen LogP contribution is -2.26. The number of aryl methyl sites for hydroxylation is 1. The smallest absolute Gasteiger partial charge is 0.270 e. The summed E-state index contributed by atoms with van der Waals surface area (Å²) in [5, 5.41) is 15.1. The Kier molecular flexibility index (Phi) is 5.85. The van der Waals surface area contributed by atoms with Crippen LogP contribution in [0.4, 0.5) is 11.5 Å². The largest absolute Gasteiger partial charge is 0.351 e. The van der Waals surface area contributed by atoms with Gasteiger partial charge in [0.25, 0.3) is 5.91 Å². The first-order valence-electron chi connectivity index (χ1n) is 7.89. The molecule has 6 nitrogen and oxygen atoms in total. The number of amides is 1. The van der Waals surface area contributed by atoms with Crippen molar-refractivity contribution in [1.82, 2.24) is 15.3 Å². The van der Waals surface area contributed by atoms with E-state index in [9.17, 15) is 4.79 Å². The molecule has 0 aliphatic rings. The summed E-state index contributed by atoms with van der Waals surface area (Å²) in [6.07, 6.45) is 0.913. The number of benzene rings is 1. The first-order chi connectivity index (χ1) is 11.5. The van der Waals surface area contributed by atoms with Crippen molar-refractivity contribution in [3.8, 4) is 6.07 Å². The summed E-state index contributed by atoms with van der Waals surface area (Å²) >= 11 is 0. The second kappa shape index (κ2) is 8.06. The van der Waals surface area contributed by atoms with Gasteiger partial charge in [0, 0.05) is 12.6 Å². The minimum Gasteiger partial charge on any atom is -0.351 e. The quantitative estimate of drug-likeness (QED) is 0.852. The number of hydrogen-bond donors (Lipinski definition) is 2. The molecule has 124 valence electrons. The number of aromatic nitrogens is 2. The summed E-state index contributed by atoms with van der Waals surface area (Å²) in [5.74, 6) is 1.28. The fourth-order valence-electron chi connectivity index (χ4n) is 2.14. The summed E-state index contributed by atoms with van der Waals surface area (Å²) in [7, 11) is 0. The molecular weight excluding hydrogens is 302 g/mol. The zero-order valence-corrected chi connectivity index (χ0v) is 14.1. The van der Waals surface area contributed by atoms with Crippen LogP contribution in [0.2, 0.25) is 0 Å². The Morgan fingerprint density at radius 2 is 2.04 bits per heavy atom. The summed E-state index contributed by atoms with van der Waals surface area (Å²) in [4.78, 5) is 20.7. The molecule has 1 heterocycles. The predicted molar refractivity (Wildman–Crippen MR) is 93.0 cm³/mol. The van der Waals surface area contributed by atoms with Crippen LogP contribution in [-0.2, 0) is 0 Å². The molecule has 0 saturated heterocycles. The highest BCUT2D eigenvalue weighted by Gasteiger charge is 2.11. The van der Waals surface area contributed by atoms with Gasteiger partial charge in [0.05, 0.1) is 11.3 Å². The van der Waals surface area contributed by atoms with Crippen molar-refractivity contribution in [2.24, 2.45) is 5.92 Å². The first kappa shape index (κ1) is 17.4. The van der Waals surface area contributed by atoms with Gasteiger partial charge in [-0.3, -0.25) is 4.79 Å². The van der Waals surface area contributed by atoms with Gasteiger partial charge in [-0.15, -0.1) is 0 Å². The number of hydrogen-bond acceptors (Lipinski definition) is 5. The van der Waals surface area contributed by atoms with Crippen molar-refractivity contribution < 1.29 is 4.79 Å². The van der Waals surface area contributed by atoms with Gasteiger partial charge in [-0.1, -0.05) is 26.0 Å². The highest BCUT2D eigenvalue weighted by molar-refractivity contribution is 5.93. The highest BCUT2D eigenvalue weighted by Crippen LogP contribution is 2.19. The van der Waals surface area contributed by atoms with Gasteiger partial charge in [0.15, 0.2) is 0 Å². The van der Waals surface area contributed by atoms with Crippen LogP contribution in [0.3, 0.4) is 0 Å². The number of nitriles is 1. The number of rotatable bonds is 6. The van der Waals surface area contributed by atoms with Gasteiger partial charge in [0.2, 0.25) is 0 Å². The van der Waals surface area contributed by atoms with E-state index in [1.165, 1.54) is 0 Å². The van der Waals surface area contributed by atoms with Crippen LogP contribution in [0.15, 0.2) is 30.3 Å². The molecule has 2 rings (SSSR count). The molecule has 6 heteroatoms. The Morgan fingerprint density at radius 1 is 1.29 bits per heavy atom. The van der Waals surface area contributed by atoms with Crippen molar-refractivity contribution in [3.05, 3.63) is 47.4 Å². The molecule has 1 amide bonds. The van der Waals surface area contributed by atoms with E-state index in [0.717, 1.165) is 6.42 Å². The van der Waals surface area contributed by atoms with Gasteiger partial charge in [-0.2, -0.15) is 5.26 Å². The Labute approximate surface area is 142 Å². The van der Waals surface area contributed by atoms with Crippen LogP contribution >= 0.6 is 0 Å². The first-order valence-corrected chi connectivity index (χ1v) is 7.89. The van der Waals surface area contributed by atoms with E-state index in [4.69, 9.17) is 5.26 Å². The summed E-state index contributed by atoms with van der Waals surface area (Å²) in [6, 6.07) is 10.8. The molecule has 0 bridgehead atoms. The van der Waals surface area contributed by atoms with Crippen LogP contribution in [0.1, 0.15) is 42.1 Å². The number of carbonyl (C=O) groups is 1. The summed E-state index contributed by atoms with van der Waals surface area (Å²) in [5.41, 5.74) is 1.46. The molecule has 0 fully saturated rings. The molecule has 1 aromatic carbocycles. The molecule has 1 aromatic heterocycles. The molecule has 0 radical (unpaired) electrons. The third-order valence-corrected chi connectivity index (χ3v) is 3.39. The number of nitrogens with one attached hydrogen (secondary N) is 2. The Balaban J connectivity index is 2.16. The number of anilines is 2. The van der Waals surface area contributed by atoms with Crippen LogP contribution in [-0.4, -0.2) is 22.4 Å². The van der Waals surface area contributed by atoms with Crippen molar-refractivity contribution >= 4 is 17.4 Å². The molecule has 0 atom stereocenters. The molecule has 2 aromatic rings. The van der Waals surface area contributed by atoms with Gasteiger partial charge >= 0.3 is 0 Å². The van der Waals surface area contributed by atoms with Crippen LogP contribution in [0.25, 0.3) is 0 Å². The summed E-state index contributed by atoms with van der Waals surface area (Å²) < 4.78 is 0. The lowest BCUT2D eigenvalue weighted by Gasteiger charge is -2.10. The van der Waals surface area contributed by atoms with E-state index in [-0.39, 0.29) is 5.91 Å². The maximum absolute atomic E-state index is 12.2. The monoisotopic (exact) mass is 323 g/mol. The molecule has 24 heavy (non-hydrogen) atoms. The zero-order chi connectivity index (χ0) is 17.5. The van der Waals surface area contributed by atoms with E-state index in [0.29, 0.717) is 41.0 Å². The van der Waals surface area contributed by atoms with Gasteiger partial charge < -0.3 is 10.6 Å². The van der Waals surface area contributed by atoms with Crippen molar-refractivity contribution in [1.29, 1.82) is 5.26 Å². The molecule has 0 spiro atoms. The fraction of sp³-hybridized carbons (Fsp3) is 0.333. The van der Waals surface area contributed by atoms with Crippen LogP contribution in [0.5, 0.6) is 0 Å². The second-order valence-electron chi connectivity index (χ2n) is 5.91. The lowest BCUT2D eigenvalue weighted by molar-refractivity contribution is 0.0946. The SMILES string of the molecule is Cc1nc(Nc2ccccc2C#N)cc(C(=O)NCCC(C)C)n1. The molecule has 0 unspecified atom stereocenters. The number of carbonyl (C=O) groups excluding carboxylic acids is 1. The molecule has 2 N–H and O–H groups in total. The Morgan fingerprint density at radius 3 is 2.75 bits per heavy atom. The topological polar surface area (TPSA) is 90.7 Å². The fourth-order valence-corrected chi connectivity index (χ4v) is 2.14. The zero-order valence-electron chi connectivity index (χ0n) is 14.1. The Bertz CT molecular complexity index is 764. The standard InChI is InChI=1S/C18H21N5O/c1-12(2)8-9-20-18(24)16-10-17(22-13(3)21-16)23-15-7-5-4-6-14(15)11-19/h4-7,10,12H,8-9H2,1-3H3,(H,20,24)(H,21,22,23). The minimum absolute atomic E-state index is 0.224. The van der Waals surface area contributed by atoms with Crippen LogP contribution in [0, 0.1) is 24.2 Å². The molecule has 0 aliphatic carbocycles. The van der Waals surface area contributed by atoms with E-state index in [2.05, 4.69) is 40.5 Å². The average Bonchev–Trinajstić information content (AvgIpc) is 2.54. The van der Waals surface area contributed by atoms with Crippen molar-refractivity contribution in [3.63, 3.8) is 0 Å². The van der Waals surface area contributed by atoms with Gasteiger partial charge in [-0.25, -0.2) is 9.97 Å². The second-order valence-corrected chi connectivity index (χ2v) is 5.91. The van der Waals surface area contributed by atoms with E-state index in [1.807, 2.05) is 6.07 Å². The minimum atomic E-state index is -0.224. The third-order valence-electron chi connectivity index (χ3n) is 3.39. The third kappa shape index (κ3) is 4.78. The van der Waals surface area contributed by atoms with Gasteiger partial charge in [-0.05, 0) is 31.4 Å². The normalized spacial score (nSPS) is 10.3. The maximum Gasteiger partial charge on any atom is 0.270 e. The average molecular weight is 323 g/mol. The van der Waals surface area contributed by atoms with E-state index in [1.54, 1.807) is 31.2 Å². The van der Waals surface area contributed by atoms with Gasteiger partial charge in [0.1, 0.15) is 23.4 Å². The highest BCUT2D eigenvalue weighted by atomic mass is 16.1.